The Morgan fingerprint density at radius 1 is 0.361 bits per heavy atom. The molecule has 1 atom stereocenters. The minimum atomic E-state index is -0.838. The molecule has 0 radical (unpaired) electrons. The van der Waals surface area contributed by atoms with Gasteiger partial charge in [0.25, 0.3) is 0 Å². The first-order valence-corrected chi connectivity index (χ1v) is 24.1. The topological polar surface area (TPSA) is 78.9 Å². The zero-order valence-electron chi connectivity index (χ0n) is 38.9. The van der Waals surface area contributed by atoms with E-state index < -0.39 is 12.1 Å². The molecule has 0 saturated heterocycles. The molecule has 0 bridgehead atoms. The van der Waals surface area contributed by atoms with Gasteiger partial charge in [-0.15, -0.1) is 0 Å². The maximum Gasteiger partial charge on any atom is 0.306 e. The molecule has 0 aliphatic carbocycles. The van der Waals surface area contributed by atoms with Crippen LogP contribution in [0.4, 0.5) is 0 Å². The number of carbonyl (C=O) groups excluding carboxylic acids is 3. The van der Waals surface area contributed by atoms with Gasteiger partial charge in [-0.05, 0) is 83.5 Å². The lowest BCUT2D eigenvalue weighted by Gasteiger charge is -2.18. The highest BCUT2D eigenvalue weighted by molar-refractivity contribution is 5.71. The van der Waals surface area contributed by atoms with Crippen LogP contribution in [0, 0.1) is 0 Å². The van der Waals surface area contributed by atoms with Crippen LogP contribution in [0.15, 0.2) is 122 Å². The molecule has 0 aliphatic heterocycles. The second kappa shape index (κ2) is 48.5. The van der Waals surface area contributed by atoms with Crippen molar-refractivity contribution < 1.29 is 28.6 Å². The van der Waals surface area contributed by atoms with Crippen molar-refractivity contribution in [2.45, 2.75) is 194 Å². The second-order valence-electron chi connectivity index (χ2n) is 15.4. The van der Waals surface area contributed by atoms with Gasteiger partial charge in [0.15, 0.2) is 6.10 Å². The first-order chi connectivity index (χ1) is 30.0. The largest absolute Gasteiger partial charge is 0.462 e. The summed E-state index contributed by atoms with van der Waals surface area (Å²) >= 11 is 0. The van der Waals surface area contributed by atoms with E-state index in [0.29, 0.717) is 19.3 Å². The summed E-state index contributed by atoms with van der Waals surface area (Å²) < 4.78 is 16.6. The van der Waals surface area contributed by atoms with Crippen molar-refractivity contribution in [3.63, 3.8) is 0 Å². The number of esters is 3. The van der Waals surface area contributed by atoms with E-state index in [2.05, 4.69) is 87.6 Å². The SMILES string of the molecule is CC\C=C/C=C\C=C/C=C\C=C/CCCC(=O)OC(COC(=O)CCC/C=C\C/C=C\C/C=C\CC)COC(=O)CCCCCCCCCCCC/C=C\C=C/CCCCC. The predicted octanol–water partition coefficient (Wildman–Crippen LogP) is 15.7. The minimum Gasteiger partial charge on any atom is -0.462 e. The molecule has 342 valence electrons. The van der Waals surface area contributed by atoms with Gasteiger partial charge in [0.05, 0.1) is 0 Å². The van der Waals surface area contributed by atoms with E-state index in [9.17, 15) is 14.4 Å². The Labute approximate surface area is 373 Å². The van der Waals surface area contributed by atoms with Gasteiger partial charge in [-0.2, -0.15) is 0 Å². The maximum atomic E-state index is 12.7. The Bertz CT molecular complexity index is 1340. The van der Waals surface area contributed by atoms with Crippen LogP contribution in [0.1, 0.15) is 188 Å². The molecular weight excluding hydrogens is 757 g/mol. The molecule has 6 nitrogen and oxygen atoms in total. The number of ether oxygens (including phenoxy) is 3. The van der Waals surface area contributed by atoms with Crippen LogP contribution < -0.4 is 0 Å². The smallest absolute Gasteiger partial charge is 0.306 e. The van der Waals surface area contributed by atoms with Crippen molar-refractivity contribution in [3.8, 4) is 0 Å². The van der Waals surface area contributed by atoms with E-state index in [1.54, 1.807) is 0 Å². The quantitative estimate of drug-likeness (QED) is 0.0201. The van der Waals surface area contributed by atoms with Gasteiger partial charge in [0.1, 0.15) is 13.2 Å². The number of unbranched alkanes of at least 4 members (excludes halogenated alkanes) is 15. The van der Waals surface area contributed by atoms with E-state index in [4.69, 9.17) is 14.2 Å². The van der Waals surface area contributed by atoms with E-state index in [1.807, 2.05) is 54.7 Å². The Kier molecular flexibility index (Phi) is 45.1. The van der Waals surface area contributed by atoms with Crippen LogP contribution in [-0.4, -0.2) is 37.2 Å². The lowest BCUT2D eigenvalue weighted by molar-refractivity contribution is -0.167. The van der Waals surface area contributed by atoms with Crippen molar-refractivity contribution in [1.82, 2.24) is 0 Å². The van der Waals surface area contributed by atoms with Crippen LogP contribution in [0.3, 0.4) is 0 Å². The summed E-state index contributed by atoms with van der Waals surface area (Å²) in [5.74, 6) is -1.08. The fourth-order valence-electron chi connectivity index (χ4n) is 6.01. The third-order valence-corrected chi connectivity index (χ3v) is 9.59. The Hall–Kier alpha value is -4.19. The standard InChI is InChI=1S/C55H86O6/c1-4-7-10-13-16-19-22-24-25-26-27-28-29-31-33-36-39-42-45-48-54(57)60-51-52(50-59-53(56)47-44-41-38-35-32-21-18-15-12-9-6-3)61-55(58)49-46-43-40-37-34-30-23-20-17-14-11-8-5-2/h8-9,11-12,14,16-24,30,34-35,37-38,40,52H,4-7,10,13,15,25-29,31-33,36,39,41-51H2,1-3H3/b11-8-,12-9-,17-14-,19-16-,21-18-,23-20-,24-22-,34-30-,38-35-,40-37-. The van der Waals surface area contributed by atoms with Crippen molar-refractivity contribution in [3.05, 3.63) is 122 Å². The molecule has 61 heavy (non-hydrogen) atoms. The first kappa shape index (κ1) is 56.8. The van der Waals surface area contributed by atoms with Gasteiger partial charge < -0.3 is 14.2 Å². The van der Waals surface area contributed by atoms with Gasteiger partial charge >= 0.3 is 17.9 Å². The number of hydrogen-bond donors (Lipinski definition) is 0. The molecule has 0 aliphatic rings. The summed E-state index contributed by atoms with van der Waals surface area (Å²) in [6.07, 6.45) is 66.3. The monoisotopic (exact) mass is 843 g/mol. The predicted molar refractivity (Wildman–Crippen MR) is 260 cm³/mol. The molecule has 6 heteroatoms. The Balaban J connectivity index is 4.49. The molecule has 0 heterocycles. The van der Waals surface area contributed by atoms with E-state index >= 15 is 0 Å². The van der Waals surface area contributed by atoms with Crippen LogP contribution in [0.5, 0.6) is 0 Å². The highest BCUT2D eigenvalue weighted by atomic mass is 16.6. The van der Waals surface area contributed by atoms with Gasteiger partial charge in [-0.3, -0.25) is 14.4 Å². The number of hydrogen-bond acceptors (Lipinski definition) is 6. The Morgan fingerprint density at radius 3 is 1.28 bits per heavy atom. The third kappa shape index (κ3) is 46.7. The molecule has 0 spiro atoms. The van der Waals surface area contributed by atoms with E-state index in [0.717, 1.165) is 57.8 Å². The molecule has 0 aromatic carbocycles. The molecule has 0 aromatic heterocycles. The maximum absolute atomic E-state index is 12.7. The summed E-state index contributed by atoms with van der Waals surface area (Å²) in [5.41, 5.74) is 0. The van der Waals surface area contributed by atoms with E-state index in [1.165, 1.54) is 77.0 Å². The normalized spacial score (nSPS) is 13.2. The lowest BCUT2D eigenvalue weighted by Crippen LogP contribution is -2.30. The van der Waals surface area contributed by atoms with Crippen LogP contribution >= 0.6 is 0 Å². The molecule has 1 unspecified atom stereocenters. The van der Waals surface area contributed by atoms with Crippen molar-refractivity contribution in [1.29, 1.82) is 0 Å². The summed E-state index contributed by atoms with van der Waals surface area (Å²) in [6.45, 7) is 6.20. The number of carbonyl (C=O) groups is 3. The molecule has 0 N–H and O–H groups in total. The lowest BCUT2D eigenvalue weighted by atomic mass is 10.1. The average Bonchev–Trinajstić information content (AvgIpc) is 3.26. The minimum absolute atomic E-state index is 0.128. The third-order valence-electron chi connectivity index (χ3n) is 9.59. The van der Waals surface area contributed by atoms with Crippen molar-refractivity contribution in [2.24, 2.45) is 0 Å². The van der Waals surface area contributed by atoms with Gasteiger partial charge in [-0.1, -0.05) is 206 Å². The zero-order chi connectivity index (χ0) is 44.4. The first-order valence-electron chi connectivity index (χ1n) is 24.1. The highest BCUT2D eigenvalue weighted by Crippen LogP contribution is 2.13. The molecule has 0 rings (SSSR count). The molecule has 0 aromatic rings. The number of allylic oxidation sites excluding steroid dienone is 20. The summed E-state index contributed by atoms with van der Waals surface area (Å²) in [6, 6.07) is 0. The molecule has 0 fully saturated rings. The van der Waals surface area contributed by atoms with Crippen molar-refractivity contribution >= 4 is 17.9 Å². The molecule has 0 saturated carbocycles. The number of rotatable bonds is 41. The molecular formula is C55H86O6. The fourth-order valence-corrected chi connectivity index (χ4v) is 6.01. The Morgan fingerprint density at radius 2 is 0.738 bits per heavy atom. The second-order valence-corrected chi connectivity index (χ2v) is 15.4. The summed E-state index contributed by atoms with van der Waals surface area (Å²) in [5, 5.41) is 0. The van der Waals surface area contributed by atoms with Gasteiger partial charge in [0.2, 0.25) is 0 Å². The van der Waals surface area contributed by atoms with Crippen molar-refractivity contribution in [2.75, 3.05) is 13.2 Å². The zero-order valence-corrected chi connectivity index (χ0v) is 38.9. The van der Waals surface area contributed by atoms with Crippen LogP contribution in [0.25, 0.3) is 0 Å². The highest BCUT2D eigenvalue weighted by Gasteiger charge is 2.19. The summed E-state index contributed by atoms with van der Waals surface area (Å²) in [4.78, 5) is 37.8. The van der Waals surface area contributed by atoms with Gasteiger partial charge in [-0.25, -0.2) is 0 Å². The average molecular weight is 843 g/mol. The van der Waals surface area contributed by atoms with E-state index in [-0.39, 0.29) is 38.0 Å². The molecule has 0 amide bonds. The fraction of sp³-hybridized carbons (Fsp3) is 0.582. The van der Waals surface area contributed by atoms with Crippen LogP contribution in [-0.2, 0) is 28.6 Å². The van der Waals surface area contributed by atoms with Crippen LogP contribution in [0.2, 0.25) is 0 Å². The van der Waals surface area contributed by atoms with Gasteiger partial charge in [0, 0.05) is 19.3 Å². The summed E-state index contributed by atoms with van der Waals surface area (Å²) in [7, 11) is 0.